The molecule has 1 aliphatic rings. The highest BCUT2D eigenvalue weighted by Crippen LogP contribution is 2.26. The first-order valence-electron chi connectivity index (χ1n) is 6.42. The molecule has 21 heavy (non-hydrogen) atoms. The third kappa shape index (κ3) is 3.53. The molecule has 1 aliphatic heterocycles. The highest BCUT2D eigenvalue weighted by Gasteiger charge is 2.31. The fraction of sp³-hybridized carbons (Fsp3) is 0.667. The lowest BCUT2D eigenvalue weighted by molar-refractivity contribution is 0.0101. The Balaban J connectivity index is 2.08. The molecule has 2 heterocycles. The first-order valence-corrected chi connectivity index (χ1v) is 7.50. The normalized spacial score (nSPS) is 19.4. The molecule has 0 fully saturated rings. The average molecular weight is 316 g/mol. The lowest BCUT2D eigenvalue weighted by Gasteiger charge is -2.33. The van der Waals surface area contributed by atoms with Crippen molar-refractivity contribution >= 4 is 17.2 Å². The van der Waals surface area contributed by atoms with E-state index in [2.05, 4.69) is 5.10 Å². The highest BCUT2D eigenvalue weighted by molar-refractivity contribution is 7.79. The van der Waals surface area contributed by atoms with Crippen molar-refractivity contribution < 1.29 is 23.0 Å². The van der Waals surface area contributed by atoms with Gasteiger partial charge in [0.05, 0.1) is 18.8 Å². The predicted molar refractivity (Wildman–Crippen MR) is 72.7 cm³/mol. The van der Waals surface area contributed by atoms with Gasteiger partial charge in [-0.1, -0.05) is 0 Å². The summed E-state index contributed by atoms with van der Waals surface area (Å²) in [4.78, 5) is 13.5. The van der Waals surface area contributed by atoms with Crippen molar-refractivity contribution in [2.24, 2.45) is 0 Å². The van der Waals surface area contributed by atoms with E-state index in [4.69, 9.17) is 9.47 Å². The number of amides is 1. The lowest BCUT2D eigenvalue weighted by Crippen LogP contribution is -2.47. The highest BCUT2D eigenvalue weighted by atomic mass is 32.2. The number of rotatable bonds is 2. The molecule has 0 aromatic carbocycles. The van der Waals surface area contributed by atoms with Gasteiger partial charge in [0.15, 0.2) is 0 Å². The van der Waals surface area contributed by atoms with E-state index in [1.807, 2.05) is 0 Å². The molecule has 8 nitrogen and oxygen atoms in total. The Kier molecular flexibility index (Phi) is 4.24. The third-order valence-corrected chi connectivity index (χ3v) is 3.60. The molecule has 2 atom stereocenters. The fourth-order valence-electron chi connectivity index (χ4n) is 1.89. The monoisotopic (exact) mass is 316 g/mol. The molecule has 0 N–H and O–H groups in total. The van der Waals surface area contributed by atoms with Gasteiger partial charge in [0.25, 0.3) is 0 Å². The van der Waals surface area contributed by atoms with E-state index in [0.29, 0.717) is 6.54 Å². The van der Waals surface area contributed by atoms with Gasteiger partial charge in [-0.3, -0.25) is 4.21 Å². The van der Waals surface area contributed by atoms with Gasteiger partial charge in [-0.15, -0.1) is 0 Å². The van der Waals surface area contributed by atoms with Crippen molar-refractivity contribution in [3.05, 3.63) is 6.20 Å². The Hall–Kier alpha value is -1.61. The van der Waals surface area contributed by atoms with E-state index >= 15 is 0 Å². The molecule has 0 saturated heterocycles. The molecule has 118 valence electrons. The minimum Gasteiger partial charge on any atom is -0.768 e. The number of hydrogen-bond acceptors (Lipinski definition) is 6. The van der Waals surface area contributed by atoms with E-state index in [1.165, 1.54) is 15.8 Å². The first kappa shape index (κ1) is 15.8. The second-order valence-corrected chi connectivity index (χ2v) is 6.70. The molecule has 0 bridgehead atoms. The molecule has 1 unspecified atom stereocenters. The smallest absolute Gasteiger partial charge is 0.410 e. The van der Waals surface area contributed by atoms with E-state index in [9.17, 15) is 13.6 Å². The summed E-state index contributed by atoms with van der Waals surface area (Å²) >= 11 is -2.39. The van der Waals surface area contributed by atoms with Crippen LogP contribution in [0, 0.1) is 0 Å². The molecular formula is C12H18N3O5S-. The van der Waals surface area contributed by atoms with Crippen LogP contribution in [-0.2, 0) is 22.4 Å². The number of aromatic nitrogens is 2. The van der Waals surface area contributed by atoms with Crippen LogP contribution < -0.4 is 4.74 Å². The molecule has 0 spiro atoms. The van der Waals surface area contributed by atoms with Gasteiger partial charge >= 0.3 is 6.09 Å². The van der Waals surface area contributed by atoms with Crippen molar-refractivity contribution in [2.45, 2.75) is 43.9 Å². The second kappa shape index (κ2) is 5.64. The van der Waals surface area contributed by atoms with Gasteiger partial charge in [0, 0.05) is 7.05 Å². The summed E-state index contributed by atoms with van der Waals surface area (Å²) in [5, 5.41) is 3.96. The molecule has 1 aromatic rings. The maximum atomic E-state index is 12.0. The minimum absolute atomic E-state index is 0.0216. The molecule has 1 amide bonds. The summed E-state index contributed by atoms with van der Waals surface area (Å²) in [6.07, 6.45) is 0.772. The Bertz CT molecular complexity index is 566. The van der Waals surface area contributed by atoms with E-state index in [1.54, 1.807) is 27.8 Å². The van der Waals surface area contributed by atoms with Crippen molar-refractivity contribution in [3.63, 3.8) is 0 Å². The van der Waals surface area contributed by atoms with Gasteiger partial charge in [-0.05, 0) is 31.9 Å². The zero-order chi connectivity index (χ0) is 15.8. The third-order valence-electron chi connectivity index (χ3n) is 2.96. The van der Waals surface area contributed by atoms with Gasteiger partial charge in [0.2, 0.25) is 5.88 Å². The number of fused-ring (bicyclic) bond motifs is 1. The van der Waals surface area contributed by atoms with Crippen LogP contribution in [0.3, 0.4) is 0 Å². The average Bonchev–Trinajstić information content (AvgIpc) is 2.78. The summed E-state index contributed by atoms with van der Waals surface area (Å²) in [5.41, 5.74) is -0.579. The Morgan fingerprint density at radius 2 is 2.29 bits per heavy atom. The summed E-state index contributed by atoms with van der Waals surface area (Å²) in [7, 11) is 1.61. The van der Waals surface area contributed by atoms with Gasteiger partial charge in [-0.2, -0.15) is 5.10 Å². The maximum Gasteiger partial charge on any atom is 0.410 e. The van der Waals surface area contributed by atoms with Crippen LogP contribution in [-0.4, -0.2) is 54.8 Å². The number of carbonyl (C=O) groups excluding carboxylic acids is 1. The zero-order valence-corrected chi connectivity index (χ0v) is 13.2. The van der Waals surface area contributed by atoms with Crippen molar-refractivity contribution in [1.82, 2.24) is 14.7 Å². The lowest BCUT2D eigenvalue weighted by atomic mass is 10.2. The predicted octanol–water partition coefficient (Wildman–Crippen LogP) is 0.749. The molecule has 0 saturated carbocycles. The number of carbonyl (C=O) groups is 1. The van der Waals surface area contributed by atoms with Crippen molar-refractivity contribution in [3.8, 4) is 5.88 Å². The molecule has 0 aliphatic carbocycles. The van der Waals surface area contributed by atoms with E-state index in [-0.39, 0.29) is 23.4 Å². The molecule has 0 radical (unpaired) electrons. The fourth-order valence-corrected chi connectivity index (χ4v) is 2.33. The molecular weight excluding hydrogens is 298 g/mol. The van der Waals surface area contributed by atoms with Crippen LogP contribution in [0.2, 0.25) is 0 Å². The first-order chi connectivity index (χ1) is 9.69. The maximum absolute atomic E-state index is 12.0. The standard InChI is InChI=1S/C12H19N3O5S/c1-12(2,3)20-11(16)14(4)8-6-15-10(19-7-8)9(5-13-15)21(17)18/h5,8H,6-7H2,1-4H3,(H,17,18)/p-1/t8-/m1/s1. The molecule has 9 heteroatoms. The van der Waals surface area contributed by atoms with Gasteiger partial charge in [-0.25, -0.2) is 9.48 Å². The van der Waals surface area contributed by atoms with Crippen LogP contribution in [0.4, 0.5) is 4.79 Å². The zero-order valence-electron chi connectivity index (χ0n) is 12.4. The van der Waals surface area contributed by atoms with E-state index < -0.39 is 22.8 Å². The topological polar surface area (TPSA) is 96.7 Å². The Morgan fingerprint density at radius 3 is 2.86 bits per heavy atom. The van der Waals surface area contributed by atoms with Crippen molar-refractivity contribution in [1.29, 1.82) is 0 Å². The minimum atomic E-state index is -2.39. The second-order valence-electron chi connectivity index (χ2n) is 5.79. The number of likely N-dealkylation sites (N-methyl/N-ethyl adjacent to an activating group) is 1. The largest absolute Gasteiger partial charge is 0.768 e. The van der Waals surface area contributed by atoms with E-state index in [0.717, 1.165) is 0 Å². The van der Waals surface area contributed by atoms with Crippen LogP contribution in [0.15, 0.2) is 11.1 Å². The van der Waals surface area contributed by atoms with Gasteiger partial charge < -0.3 is 18.9 Å². The van der Waals surface area contributed by atoms with Crippen molar-refractivity contribution in [2.75, 3.05) is 13.7 Å². The van der Waals surface area contributed by atoms with Crippen LogP contribution >= 0.6 is 0 Å². The quantitative estimate of drug-likeness (QED) is 0.747. The Morgan fingerprint density at radius 1 is 1.62 bits per heavy atom. The Labute approximate surface area is 125 Å². The summed E-state index contributed by atoms with van der Waals surface area (Å²) in [6.45, 7) is 5.90. The molecule has 2 rings (SSSR count). The van der Waals surface area contributed by atoms with Gasteiger partial charge in [0.1, 0.15) is 17.1 Å². The molecule has 1 aromatic heterocycles. The van der Waals surface area contributed by atoms with Crippen LogP contribution in [0.1, 0.15) is 20.8 Å². The SMILES string of the molecule is CN(C(=O)OC(C)(C)C)[C@H]1COc2c(S(=O)[O-])cnn2C1. The number of nitrogens with zero attached hydrogens (tertiary/aromatic N) is 3. The van der Waals surface area contributed by atoms with Crippen LogP contribution in [0.5, 0.6) is 5.88 Å². The summed E-state index contributed by atoms with van der Waals surface area (Å²) < 4.78 is 34.1. The van der Waals surface area contributed by atoms with Crippen LogP contribution in [0.25, 0.3) is 0 Å². The summed E-state index contributed by atoms with van der Waals surface area (Å²) in [6, 6.07) is -0.278. The number of hydrogen-bond donors (Lipinski definition) is 0. The summed E-state index contributed by atoms with van der Waals surface area (Å²) in [5.74, 6) is 0.206. The number of ether oxygens (including phenoxy) is 2.